The lowest BCUT2D eigenvalue weighted by Crippen LogP contribution is -2.40. The summed E-state index contributed by atoms with van der Waals surface area (Å²) < 4.78 is 7.12. The molecular weight excluding hydrogens is 218 g/mol. The Balaban J connectivity index is 1.83. The van der Waals surface area contributed by atoms with E-state index in [9.17, 15) is 0 Å². The van der Waals surface area contributed by atoms with Crippen molar-refractivity contribution in [1.82, 2.24) is 19.6 Å². The van der Waals surface area contributed by atoms with Gasteiger partial charge < -0.3 is 4.74 Å². The smallest absolute Gasteiger partial charge is 0.257 e. The van der Waals surface area contributed by atoms with Gasteiger partial charge in [-0.15, -0.1) is 5.10 Å². The van der Waals surface area contributed by atoms with Crippen LogP contribution in [0.25, 0.3) is 5.65 Å². The third kappa shape index (κ3) is 2.09. The molecule has 0 atom stereocenters. The number of nitrogens with zero attached hydrogens (tertiary/aromatic N) is 4. The average molecular weight is 233 g/mol. The molecule has 0 bridgehead atoms. The summed E-state index contributed by atoms with van der Waals surface area (Å²) in [6, 6.07) is 5.95. The van der Waals surface area contributed by atoms with E-state index in [1.807, 2.05) is 29.6 Å². The fourth-order valence-corrected chi connectivity index (χ4v) is 1.90. The average Bonchev–Trinajstić information content (AvgIpc) is 2.74. The highest BCUT2D eigenvalue weighted by Gasteiger charge is 2.12. The SMILES string of the molecule is Cc1cccc2nc(NN3CCOCC3)nn12. The Morgan fingerprint density at radius 3 is 2.88 bits per heavy atom. The molecule has 17 heavy (non-hydrogen) atoms. The number of rotatable bonds is 2. The standard InChI is InChI=1S/C11H15N5O/c1-9-3-2-4-10-12-11(14-16(9)10)13-15-5-7-17-8-6-15/h2-4H,5-8H2,1H3,(H,13,14). The van der Waals surface area contributed by atoms with Crippen molar-refractivity contribution >= 4 is 11.6 Å². The monoisotopic (exact) mass is 233 g/mol. The molecule has 3 rings (SSSR count). The normalized spacial score (nSPS) is 17.5. The lowest BCUT2D eigenvalue weighted by atomic mass is 10.4. The van der Waals surface area contributed by atoms with Crippen LogP contribution in [0.3, 0.4) is 0 Å². The van der Waals surface area contributed by atoms with Crippen LogP contribution in [0.15, 0.2) is 18.2 Å². The minimum Gasteiger partial charge on any atom is -0.379 e. The van der Waals surface area contributed by atoms with Gasteiger partial charge in [0.05, 0.1) is 13.2 Å². The van der Waals surface area contributed by atoms with Crippen LogP contribution in [0.1, 0.15) is 5.69 Å². The van der Waals surface area contributed by atoms with Crippen LogP contribution in [-0.4, -0.2) is 45.9 Å². The lowest BCUT2D eigenvalue weighted by molar-refractivity contribution is 0.0493. The maximum absolute atomic E-state index is 5.29. The molecular formula is C11H15N5O. The maximum Gasteiger partial charge on any atom is 0.257 e. The molecule has 1 saturated heterocycles. The van der Waals surface area contributed by atoms with Gasteiger partial charge in [0.25, 0.3) is 5.95 Å². The molecule has 1 N–H and O–H groups in total. The Morgan fingerprint density at radius 2 is 2.12 bits per heavy atom. The largest absolute Gasteiger partial charge is 0.379 e. The maximum atomic E-state index is 5.29. The zero-order valence-electron chi connectivity index (χ0n) is 9.76. The number of anilines is 1. The van der Waals surface area contributed by atoms with Crippen LogP contribution in [0.5, 0.6) is 0 Å². The minimum absolute atomic E-state index is 0.640. The first kappa shape index (κ1) is 10.5. The third-order valence-corrected chi connectivity index (χ3v) is 2.82. The van der Waals surface area contributed by atoms with Crippen LogP contribution in [0.2, 0.25) is 0 Å². The molecule has 0 radical (unpaired) electrons. The van der Waals surface area contributed by atoms with Crippen molar-refractivity contribution in [3.05, 3.63) is 23.9 Å². The van der Waals surface area contributed by atoms with E-state index in [1.165, 1.54) is 0 Å². The minimum atomic E-state index is 0.640. The van der Waals surface area contributed by atoms with Gasteiger partial charge >= 0.3 is 0 Å². The van der Waals surface area contributed by atoms with E-state index >= 15 is 0 Å². The third-order valence-electron chi connectivity index (χ3n) is 2.82. The van der Waals surface area contributed by atoms with Crippen molar-refractivity contribution in [1.29, 1.82) is 0 Å². The molecule has 6 heteroatoms. The number of aromatic nitrogens is 3. The van der Waals surface area contributed by atoms with Gasteiger partial charge in [0.15, 0.2) is 5.65 Å². The van der Waals surface area contributed by atoms with Crippen LogP contribution in [-0.2, 0) is 4.74 Å². The number of morpholine rings is 1. The zero-order chi connectivity index (χ0) is 11.7. The van der Waals surface area contributed by atoms with E-state index in [0.29, 0.717) is 5.95 Å². The van der Waals surface area contributed by atoms with Gasteiger partial charge in [0, 0.05) is 18.8 Å². The van der Waals surface area contributed by atoms with E-state index in [4.69, 9.17) is 4.74 Å². The van der Waals surface area contributed by atoms with Gasteiger partial charge in [-0.1, -0.05) is 6.07 Å². The van der Waals surface area contributed by atoms with Crippen LogP contribution >= 0.6 is 0 Å². The second-order valence-corrected chi connectivity index (χ2v) is 4.08. The second kappa shape index (κ2) is 4.31. The first-order valence-corrected chi connectivity index (χ1v) is 5.75. The predicted octanol–water partition coefficient (Wildman–Crippen LogP) is 0.697. The molecule has 0 aromatic carbocycles. The van der Waals surface area contributed by atoms with Crippen LogP contribution < -0.4 is 5.43 Å². The van der Waals surface area contributed by atoms with Gasteiger partial charge in [-0.3, -0.25) is 5.43 Å². The van der Waals surface area contributed by atoms with Gasteiger partial charge in [-0.2, -0.15) is 4.98 Å². The molecule has 2 aromatic rings. The van der Waals surface area contributed by atoms with Crippen molar-refractivity contribution in [2.45, 2.75) is 6.92 Å². The van der Waals surface area contributed by atoms with Crippen molar-refractivity contribution in [3.63, 3.8) is 0 Å². The van der Waals surface area contributed by atoms with Crippen molar-refractivity contribution in [2.75, 3.05) is 31.7 Å². The Morgan fingerprint density at radius 1 is 1.29 bits per heavy atom. The molecule has 0 aliphatic carbocycles. The summed E-state index contributed by atoms with van der Waals surface area (Å²) in [5.41, 5.74) is 5.14. The van der Waals surface area contributed by atoms with Gasteiger partial charge in [-0.25, -0.2) is 9.52 Å². The Hall–Kier alpha value is -1.66. The van der Waals surface area contributed by atoms with Crippen LogP contribution in [0, 0.1) is 6.92 Å². The highest BCUT2D eigenvalue weighted by atomic mass is 16.5. The zero-order valence-corrected chi connectivity index (χ0v) is 9.76. The van der Waals surface area contributed by atoms with E-state index in [0.717, 1.165) is 37.6 Å². The van der Waals surface area contributed by atoms with Gasteiger partial charge in [-0.05, 0) is 19.1 Å². The molecule has 0 saturated carbocycles. The number of pyridine rings is 1. The van der Waals surface area contributed by atoms with Crippen molar-refractivity contribution < 1.29 is 4.74 Å². The quantitative estimate of drug-likeness (QED) is 0.827. The summed E-state index contributed by atoms with van der Waals surface area (Å²) >= 11 is 0. The number of aryl methyl sites for hydroxylation is 1. The molecule has 0 amide bonds. The molecule has 0 spiro atoms. The molecule has 1 aliphatic heterocycles. The number of hydrogen-bond donors (Lipinski definition) is 1. The highest BCUT2D eigenvalue weighted by Crippen LogP contribution is 2.09. The van der Waals surface area contributed by atoms with Crippen molar-refractivity contribution in [3.8, 4) is 0 Å². The first-order valence-electron chi connectivity index (χ1n) is 5.75. The highest BCUT2D eigenvalue weighted by molar-refractivity contribution is 5.44. The molecule has 6 nitrogen and oxygen atoms in total. The molecule has 1 fully saturated rings. The fraction of sp³-hybridized carbons (Fsp3) is 0.455. The molecule has 2 aromatic heterocycles. The van der Waals surface area contributed by atoms with E-state index in [2.05, 4.69) is 20.5 Å². The second-order valence-electron chi connectivity index (χ2n) is 4.08. The summed E-state index contributed by atoms with van der Waals surface area (Å²) in [5, 5.41) is 6.50. The van der Waals surface area contributed by atoms with E-state index in [-0.39, 0.29) is 0 Å². The summed E-state index contributed by atoms with van der Waals surface area (Å²) in [6.07, 6.45) is 0. The van der Waals surface area contributed by atoms with Gasteiger partial charge in [0.1, 0.15) is 0 Å². The topological polar surface area (TPSA) is 54.7 Å². The number of fused-ring (bicyclic) bond motifs is 1. The Bertz CT molecular complexity index is 518. The first-order chi connectivity index (χ1) is 8.33. The van der Waals surface area contributed by atoms with Gasteiger partial charge in [0.2, 0.25) is 0 Å². The molecule has 90 valence electrons. The van der Waals surface area contributed by atoms with E-state index in [1.54, 1.807) is 0 Å². The number of nitrogens with one attached hydrogen (secondary N) is 1. The molecule has 1 aliphatic rings. The van der Waals surface area contributed by atoms with Crippen LogP contribution in [0.4, 0.5) is 5.95 Å². The van der Waals surface area contributed by atoms with E-state index < -0.39 is 0 Å². The Kier molecular flexibility index (Phi) is 2.66. The number of hydrazine groups is 1. The summed E-state index contributed by atoms with van der Waals surface area (Å²) in [4.78, 5) is 4.43. The predicted molar refractivity (Wildman–Crippen MR) is 63.7 cm³/mol. The number of ether oxygens (including phenoxy) is 1. The summed E-state index contributed by atoms with van der Waals surface area (Å²) in [7, 11) is 0. The Labute approximate surface area is 99.2 Å². The summed E-state index contributed by atoms with van der Waals surface area (Å²) in [5.74, 6) is 0.640. The van der Waals surface area contributed by atoms with Crippen molar-refractivity contribution in [2.24, 2.45) is 0 Å². The lowest BCUT2D eigenvalue weighted by Gasteiger charge is -2.26. The molecule has 3 heterocycles. The number of hydrogen-bond acceptors (Lipinski definition) is 5. The summed E-state index contributed by atoms with van der Waals surface area (Å²) in [6.45, 7) is 5.22. The molecule has 0 unspecified atom stereocenters. The fourth-order valence-electron chi connectivity index (χ4n) is 1.90.